The van der Waals surface area contributed by atoms with Gasteiger partial charge in [0.25, 0.3) is 5.89 Å². The molecule has 1 aliphatic heterocycles. The summed E-state index contributed by atoms with van der Waals surface area (Å²) in [5, 5.41) is 11.7. The zero-order valence-corrected chi connectivity index (χ0v) is 12.1. The Kier molecular flexibility index (Phi) is 3.09. The molecule has 100 valence electrons. The smallest absolute Gasteiger partial charge is 0.257 e. The van der Waals surface area contributed by atoms with Crippen LogP contribution in [0.3, 0.4) is 0 Å². The molecule has 2 aliphatic rings. The first kappa shape index (κ1) is 11.9. The molecular weight excluding hydrogens is 278 g/mol. The average Bonchev–Trinajstić information content (AvgIpc) is 2.99. The Labute approximate surface area is 120 Å². The van der Waals surface area contributed by atoms with Crippen LogP contribution in [-0.2, 0) is 18.7 Å². The molecule has 1 aliphatic carbocycles. The molecular formula is C13H15N3OS2. The Morgan fingerprint density at radius 3 is 3.16 bits per heavy atom. The largest absolute Gasteiger partial charge is 0.419 e. The number of nitrogens with zero attached hydrogens (tertiary/aromatic N) is 2. The van der Waals surface area contributed by atoms with Crippen LogP contribution in [0.2, 0.25) is 0 Å². The van der Waals surface area contributed by atoms with Gasteiger partial charge in [0.05, 0.1) is 11.4 Å². The Bertz CT molecular complexity index is 565. The van der Waals surface area contributed by atoms with E-state index >= 15 is 0 Å². The SMILES string of the molecule is c1c(-c2nnc(CNC3CC3)o2)sc2c1CSCC2. The first-order valence-electron chi connectivity index (χ1n) is 6.64. The summed E-state index contributed by atoms with van der Waals surface area (Å²) in [5.41, 5.74) is 1.45. The van der Waals surface area contributed by atoms with Crippen molar-refractivity contribution in [2.24, 2.45) is 0 Å². The van der Waals surface area contributed by atoms with Crippen LogP contribution >= 0.6 is 23.1 Å². The minimum Gasteiger partial charge on any atom is -0.419 e. The summed E-state index contributed by atoms with van der Waals surface area (Å²) in [6.45, 7) is 0.693. The minimum atomic E-state index is 0.668. The third-order valence-electron chi connectivity index (χ3n) is 3.42. The highest BCUT2D eigenvalue weighted by Gasteiger charge is 2.22. The van der Waals surface area contributed by atoms with Crippen molar-refractivity contribution in [1.29, 1.82) is 0 Å². The highest BCUT2D eigenvalue weighted by molar-refractivity contribution is 7.98. The van der Waals surface area contributed by atoms with E-state index in [1.54, 1.807) is 0 Å². The molecule has 0 radical (unpaired) electrons. The summed E-state index contributed by atoms with van der Waals surface area (Å²) in [5.74, 6) is 3.73. The van der Waals surface area contributed by atoms with Crippen LogP contribution < -0.4 is 5.32 Å². The second kappa shape index (κ2) is 4.92. The van der Waals surface area contributed by atoms with Gasteiger partial charge in [-0.25, -0.2) is 0 Å². The summed E-state index contributed by atoms with van der Waals surface area (Å²) >= 11 is 3.81. The number of nitrogens with one attached hydrogen (secondary N) is 1. The van der Waals surface area contributed by atoms with Gasteiger partial charge in [0.2, 0.25) is 5.89 Å². The lowest BCUT2D eigenvalue weighted by molar-refractivity contribution is 0.477. The fraction of sp³-hybridized carbons (Fsp3) is 0.538. The molecule has 4 nitrogen and oxygen atoms in total. The topological polar surface area (TPSA) is 51.0 Å². The monoisotopic (exact) mass is 293 g/mol. The molecule has 0 unspecified atom stereocenters. The Morgan fingerprint density at radius 1 is 1.37 bits per heavy atom. The van der Waals surface area contributed by atoms with Crippen molar-refractivity contribution in [3.8, 4) is 10.8 Å². The Morgan fingerprint density at radius 2 is 2.32 bits per heavy atom. The van der Waals surface area contributed by atoms with Crippen LogP contribution in [0.5, 0.6) is 0 Å². The number of aromatic nitrogens is 2. The summed E-state index contributed by atoms with van der Waals surface area (Å²) in [6.07, 6.45) is 3.72. The van der Waals surface area contributed by atoms with Gasteiger partial charge in [0, 0.05) is 16.7 Å². The molecule has 2 aromatic rings. The van der Waals surface area contributed by atoms with Crippen molar-refractivity contribution < 1.29 is 4.42 Å². The van der Waals surface area contributed by atoms with Crippen LogP contribution in [0, 0.1) is 0 Å². The molecule has 0 amide bonds. The average molecular weight is 293 g/mol. The first-order chi connectivity index (χ1) is 9.38. The molecule has 1 saturated carbocycles. The van der Waals surface area contributed by atoms with Gasteiger partial charge in [-0.3, -0.25) is 0 Å². The lowest BCUT2D eigenvalue weighted by atomic mass is 10.2. The quantitative estimate of drug-likeness (QED) is 0.939. The second-order valence-corrected chi connectivity index (χ2v) is 7.26. The number of rotatable bonds is 4. The highest BCUT2D eigenvalue weighted by atomic mass is 32.2. The van der Waals surface area contributed by atoms with Gasteiger partial charge >= 0.3 is 0 Å². The molecule has 0 bridgehead atoms. The summed E-state index contributed by atoms with van der Waals surface area (Å²) in [6, 6.07) is 2.89. The molecule has 2 aromatic heterocycles. The summed E-state index contributed by atoms with van der Waals surface area (Å²) in [4.78, 5) is 2.61. The van der Waals surface area contributed by atoms with Gasteiger partial charge in [-0.2, -0.15) is 11.8 Å². The summed E-state index contributed by atoms with van der Waals surface area (Å²) < 4.78 is 5.74. The number of thioether (sulfide) groups is 1. The number of hydrogen-bond acceptors (Lipinski definition) is 6. The van der Waals surface area contributed by atoms with E-state index in [1.807, 2.05) is 23.1 Å². The minimum absolute atomic E-state index is 0.668. The standard InChI is InChI=1S/C13H15N3OS2/c1-2-9(1)14-6-12-15-16-13(17-12)11-5-8-7-18-4-3-10(8)19-11/h5,9,14H,1-4,6-7H2. The van der Waals surface area contributed by atoms with E-state index in [4.69, 9.17) is 4.42 Å². The maximum absolute atomic E-state index is 5.74. The van der Waals surface area contributed by atoms with E-state index in [1.165, 1.54) is 35.5 Å². The van der Waals surface area contributed by atoms with Crippen LogP contribution in [0.4, 0.5) is 0 Å². The van der Waals surface area contributed by atoms with Gasteiger partial charge in [-0.05, 0) is 36.6 Å². The van der Waals surface area contributed by atoms with Crippen molar-refractivity contribution in [2.75, 3.05) is 5.75 Å². The molecule has 3 heterocycles. The van der Waals surface area contributed by atoms with Gasteiger partial charge in [0.1, 0.15) is 0 Å². The van der Waals surface area contributed by atoms with E-state index in [2.05, 4.69) is 21.6 Å². The molecule has 1 fully saturated rings. The van der Waals surface area contributed by atoms with Crippen molar-refractivity contribution >= 4 is 23.1 Å². The van der Waals surface area contributed by atoms with Crippen LogP contribution in [-0.4, -0.2) is 22.0 Å². The predicted octanol–water partition coefficient (Wildman–Crippen LogP) is 2.84. The van der Waals surface area contributed by atoms with E-state index < -0.39 is 0 Å². The molecule has 1 N–H and O–H groups in total. The molecule has 4 rings (SSSR count). The number of hydrogen-bond donors (Lipinski definition) is 1. The maximum atomic E-state index is 5.74. The lowest BCUT2D eigenvalue weighted by Gasteiger charge is -2.08. The summed E-state index contributed by atoms with van der Waals surface area (Å²) in [7, 11) is 0. The van der Waals surface area contributed by atoms with E-state index in [0.717, 1.165) is 10.6 Å². The van der Waals surface area contributed by atoms with Crippen molar-refractivity contribution in [3.63, 3.8) is 0 Å². The fourth-order valence-corrected chi connectivity index (χ4v) is 4.49. The number of fused-ring (bicyclic) bond motifs is 1. The van der Waals surface area contributed by atoms with Crippen LogP contribution in [0.1, 0.15) is 29.2 Å². The first-order valence-corrected chi connectivity index (χ1v) is 8.61. The lowest BCUT2D eigenvalue weighted by Crippen LogP contribution is -2.15. The van der Waals surface area contributed by atoms with Crippen LogP contribution in [0.25, 0.3) is 10.8 Å². The third-order valence-corrected chi connectivity index (χ3v) is 5.66. The van der Waals surface area contributed by atoms with Gasteiger partial charge < -0.3 is 9.73 Å². The fourth-order valence-electron chi connectivity index (χ4n) is 2.20. The molecule has 0 aromatic carbocycles. The van der Waals surface area contributed by atoms with E-state index in [0.29, 0.717) is 24.4 Å². The molecule has 19 heavy (non-hydrogen) atoms. The predicted molar refractivity (Wildman–Crippen MR) is 77.3 cm³/mol. The van der Waals surface area contributed by atoms with Gasteiger partial charge in [0.15, 0.2) is 0 Å². The van der Waals surface area contributed by atoms with Gasteiger partial charge in [-0.15, -0.1) is 21.5 Å². The zero-order valence-electron chi connectivity index (χ0n) is 10.5. The second-order valence-electron chi connectivity index (χ2n) is 5.02. The van der Waals surface area contributed by atoms with Crippen LogP contribution in [0.15, 0.2) is 10.5 Å². The highest BCUT2D eigenvalue weighted by Crippen LogP contribution is 2.36. The normalized spacial score (nSPS) is 18.5. The third kappa shape index (κ3) is 2.57. The Balaban J connectivity index is 1.52. The van der Waals surface area contributed by atoms with E-state index in [-0.39, 0.29) is 0 Å². The number of aryl methyl sites for hydroxylation is 1. The molecule has 6 heteroatoms. The van der Waals surface area contributed by atoms with Gasteiger partial charge in [-0.1, -0.05) is 0 Å². The molecule has 0 atom stereocenters. The number of thiophene rings is 1. The van der Waals surface area contributed by atoms with Crippen molar-refractivity contribution in [2.45, 2.75) is 37.6 Å². The van der Waals surface area contributed by atoms with E-state index in [9.17, 15) is 0 Å². The molecule has 0 saturated heterocycles. The Hall–Kier alpha value is -0.850. The van der Waals surface area contributed by atoms with Crippen molar-refractivity contribution in [1.82, 2.24) is 15.5 Å². The molecule has 0 spiro atoms. The zero-order chi connectivity index (χ0) is 12.7. The van der Waals surface area contributed by atoms with Crippen molar-refractivity contribution in [3.05, 3.63) is 22.4 Å². The maximum Gasteiger partial charge on any atom is 0.257 e.